The van der Waals surface area contributed by atoms with Gasteiger partial charge in [-0.05, 0) is 12.8 Å². The van der Waals surface area contributed by atoms with Crippen LogP contribution in [0.25, 0.3) is 0 Å². The van der Waals surface area contributed by atoms with Gasteiger partial charge >= 0.3 is 11.8 Å². The first-order chi connectivity index (χ1) is 8.22. The van der Waals surface area contributed by atoms with Crippen LogP contribution in [0, 0.1) is 0 Å². The average Bonchev–Trinajstić information content (AvgIpc) is 2.34. The van der Waals surface area contributed by atoms with Crippen molar-refractivity contribution in [1.82, 2.24) is 16.0 Å². The molecule has 6 heteroatoms. The lowest BCUT2D eigenvalue weighted by Gasteiger charge is -2.05. The van der Waals surface area contributed by atoms with Crippen molar-refractivity contribution in [3.8, 4) is 0 Å². The normalized spacial score (nSPS) is 9.47. The highest BCUT2D eigenvalue weighted by Gasteiger charge is 2.10. The summed E-state index contributed by atoms with van der Waals surface area (Å²) in [6, 6.07) is 0. The summed E-state index contributed by atoms with van der Waals surface area (Å²) in [6.45, 7) is 3.47. The summed E-state index contributed by atoms with van der Waals surface area (Å²) in [5.41, 5.74) is 0. The highest BCUT2D eigenvalue weighted by molar-refractivity contribution is 6.35. The first-order valence-corrected chi connectivity index (χ1v) is 5.95. The summed E-state index contributed by atoms with van der Waals surface area (Å²) in [4.78, 5) is 32.4. The molecule has 0 aliphatic heterocycles. The molecule has 6 nitrogen and oxygen atoms in total. The van der Waals surface area contributed by atoms with Crippen LogP contribution in [0.5, 0.6) is 0 Å². The molecule has 17 heavy (non-hydrogen) atoms. The average molecular weight is 243 g/mol. The Hall–Kier alpha value is -1.59. The monoisotopic (exact) mass is 243 g/mol. The lowest BCUT2D eigenvalue weighted by Crippen LogP contribution is -2.41. The third-order valence-corrected chi connectivity index (χ3v) is 2.14. The molecule has 3 amide bonds. The van der Waals surface area contributed by atoms with E-state index in [1.54, 1.807) is 0 Å². The first-order valence-electron chi connectivity index (χ1n) is 5.95. The zero-order valence-electron chi connectivity index (χ0n) is 10.3. The third kappa shape index (κ3) is 9.35. The van der Waals surface area contributed by atoms with E-state index in [9.17, 15) is 14.4 Å². The van der Waals surface area contributed by atoms with Gasteiger partial charge in [0.2, 0.25) is 6.41 Å². The Bertz CT molecular complexity index is 244. The van der Waals surface area contributed by atoms with E-state index < -0.39 is 11.8 Å². The van der Waals surface area contributed by atoms with Crippen LogP contribution < -0.4 is 16.0 Å². The van der Waals surface area contributed by atoms with Crippen LogP contribution in [-0.2, 0) is 14.4 Å². The van der Waals surface area contributed by atoms with E-state index in [0.29, 0.717) is 32.5 Å². The molecule has 0 unspecified atom stereocenters. The highest BCUT2D eigenvalue weighted by Crippen LogP contribution is 1.90. The first kappa shape index (κ1) is 15.4. The van der Waals surface area contributed by atoms with E-state index in [1.807, 2.05) is 0 Å². The Morgan fingerprint density at radius 1 is 0.941 bits per heavy atom. The minimum atomic E-state index is -0.618. The molecule has 0 fully saturated rings. The fourth-order valence-electron chi connectivity index (χ4n) is 1.19. The quantitative estimate of drug-likeness (QED) is 0.291. The van der Waals surface area contributed by atoms with Gasteiger partial charge in [-0.15, -0.1) is 0 Å². The number of unbranched alkanes of at least 4 members (excludes halogenated alkanes) is 2. The molecule has 0 aliphatic rings. The molecule has 0 spiro atoms. The summed E-state index contributed by atoms with van der Waals surface area (Å²) in [5.74, 6) is -1.21. The summed E-state index contributed by atoms with van der Waals surface area (Å²) >= 11 is 0. The van der Waals surface area contributed by atoms with Crippen molar-refractivity contribution in [2.45, 2.75) is 32.6 Å². The van der Waals surface area contributed by atoms with Crippen LogP contribution in [0.1, 0.15) is 32.6 Å². The smallest absolute Gasteiger partial charge is 0.309 e. The van der Waals surface area contributed by atoms with Gasteiger partial charge in [-0.3, -0.25) is 14.4 Å². The molecule has 0 atom stereocenters. The summed E-state index contributed by atoms with van der Waals surface area (Å²) < 4.78 is 0. The molecule has 0 aliphatic carbocycles. The highest BCUT2D eigenvalue weighted by atomic mass is 16.2. The van der Waals surface area contributed by atoms with Crippen molar-refractivity contribution < 1.29 is 14.4 Å². The van der Waals surface area contributed by atoms with Gasteiger partial charge in [0.05, 0.1) is 0 Å². The zero-order valence-corrected chi connectivity index (χ0v) is 10.3. The van der Waals surface area contributed by atoms with Crippen LogP contribution in [0.15, 0.2) is 0 Å². The Kier molecular flexibility index (Phi) is 9.89. The summed E-state index contributed by atoms with van der Waals surface area (Å²) in [5, 5.41) is 7.49. The number of carbonyl (C=O) groups is 3. The molecule has 0 heterocycles. The molecular formula is C11H21N3O3. The fraction of sp³-hybridized carbons (Fsp3) is 0.727. The number of hydrogen-bond acceptors (Lipinski definition) is 3. The molecule has 0 saturated heterocycles. The maximum atomic E-state index is 11.2. The van der Waals surface area contributed by atoms with Crippen LogP contribution in [0.2, 0.25) is 0 Å². The van der Waals surface area contributed by atoms with Crippen molar-refractivity contribution in [3.05, 3.63) is 0 Å². The molecule has 0 radical (unpaired) electrons. The minimum absolute atomic E-state index is 0.377. The van der Waals surface area contributed by atoms with E-state index in [1.165, 1.54) is 0 Å². The maximum absolute atomic E-state index is 11.2. The van der Waals surface area contributed by atoms with Gasteiger partial charge in [0.15, 0.2) is 0 Å². The van der Waals surface area contributed by atoms with Crippen molar-refractivity contribution in [1.29, 1.82) is 0 Å². The number of hydrogen-bond donors (Lipinski definition) is 3. The van der Waals surface area contributed by atoms with Crippen molar-refractivity contribution >= 4 is 18.2 Å². The van der Waals surface area contributed by atoms with Crippen molar-refractivity contribution in [2.75, 3.05) is 19.6 Å². The second kappa shape index (κ2) is 10.9. The van der Waals surface area contributed by atoms with Gasteiger partial charge < -0.3 is 16.0 Å². The molecule has 0 aromatic rings. The minimum Gasteiger partial charge on any atom is -0.359 e. The van der Waals surface area contributed by atoms with E-state index in [-0.39, 0.29) is 0 Å². The molecule has 3 N–H and O–H groups in total. The SMILES string of the molecule is CCCCCNC(=O)C(=O)NCCCNC=O. The number of rotatable bonds is 9. The molecule has 0 rings (SSSR count). The number of carbonyl (C=O) groups excluding carboxylic acids is 3. The molecule has 0 saturated carbocycles. The van der Waals surface area contributed by atoms with Crippen molar-refractivity contribution in [2.24, 2.45) is 0 Å². The van der Waals surface area contributed by atoms with E-state index in [2.05, 4.69) is 22.9 Å². The molecular weight excluding hydrogens is 222 g/mol. The van der Waals surface area contributed by atoms with E-state index in [0.717, 1.165) is 19.3 Å². The van der Waals surface area contributed by atoms with E-state index >= 15 is 0 Å². The van der Waals surface area contributed by atoms with Crippen LogP contribution >= 0.6 is 0 Å². The van der Waals surface area contributed by atoms with Gasteiger partial charge in [0, 0.05) is 19.6 Å². The Morgan fingerprint density at radius 3 is 2.06 bits per heavy atom. The number of amides is 3. The molecule has 0 bridgehead atoms. The Labute approximate surface area is 102 Å². The fourth-order valence-corrected chi connectivity index (χ4v) is 1.19. The third-order valence-electron chi connectivity index (χ3n) is 2.14. The van der Waals surface area contributed by atoms with E-state index in [4.69, 9.17) is 0 Å². The van der Waals surface area contributed by atoms with Crippen molar-refractivity contribution in [3.63, 3.8) is 0 Å². The topological polar surface area (TPSA) is 87.3 Å². The second-order valence-corrected chi connectivity index (χ2v) is 3.64. The standard InChI is InChI=1S/C11H21N3O3/c1-2-3-4-7-13-10(16)11(17)14-8-5-6-12-9-15/h9H,2-8H2,1H3,(H,12,15)(H,13,16)(H,14,17). The number of nitrogens with one attached hydrogen (secondary N) is 3. The van der Waals surface area contributed by atoms with Gasteiger partial charge in [-0.1, -0.05) is 19.8 Å². The molecule has 0 aromatic heterocycles. The van der Waals surface area contributed by atoms with Gasteiger partial charge in [-0.25, -0.2) is 0 Å². The van der Waals surface area contributed by atoms with Crippen LogP contribution in [-0.4, -0.2) is 37.9 Å². The Morgan fingerprint density at radius 2 is 1.53 bits per heavy atom. The lowest BCUT2D eigenvalue weighted by molar-refractivity contribution is -0.139. The predicted molar refractivity (Wildman–Crippen MR) is 64.2 cm³/mol. The molecule has 0 aromatic carbocycles. The Balaban J connectivity index is 3.47. The predicted octanol–water partition coefficient (Wildman–Crippen LogP) is -0.455. The largest absolute Gasteiger partial charge is 0.359 e. The van der Waals surface area contributed by atoms with Gasteiger partial charge in [0.25, 0.3) is 0 Å². The van der Waals surface area contributed by atoms with Crippen LogP contribution in [0.4, 0.5) is 0 Å². The lowest BCUT2D eigenvalue weighted by atomic mass is 10.2. The maximum Gasteiger partial charge on any atom is 0.309 e. The second-order valence-electron chi connectivity index (χ2n) is 3.64. The summed E-state index contributed by atoms with van der Waals surface area (Å²) in [7, 11) is 0. The van der Waals surface area contributed by atoms with Gasteiger partial charge in [0.1, 0.15) is 0 Å². The van der Waals surface area contributed by atoms with Gasteiger partial charge in [-0.2, -0.15) is 0 Å². The zero-order chi connectivity index (χ0) is 12.9. The molecule has 98 valence electrons. The van der Waals surface area contributed by atoms with Crippen LogP contribution in [0.3, 0.4) is 0 Å². The summed E-state index contributed by atoms with van der Waals surface area (Å²) in [6.07, 6.45) is 4.21.